The van der Waals surface area contributed by atoms with Gasteiger partial charge in [0.2, 0.25) is 0 Å². The maximum atomic E-state index is 9.77. The van der Waals surface area contributed by atoms with Crippen molar-refractivity contribution in [2.24, 2.45) is 11.7 Å². The fourth-order valence-electron chi connectivity index (χ4n) is 2.12. The SMILES string of the molecule is CC(C)(O)[C@H]1CC[C@]2(N)OC2C1. The molecule has 12 heavy (non-hydrogen) atoms. The van der Waals surface area contributed by atoms with Crippen molar-refractivity contribution in [3.05, 3.63) is 0 Å². The lowest BCUT2D eigenvalue weighted by molar-refractivity contribution is 0.00155. The largest absolute Gasteiger partial charge is 0.390 e. The molecule has 70 valence electrons. The number of aliphatic hydroxyl groups is 1. The van der Waals surface area contributed by atoms with Crippen molar-refractivity contribution >= 4 is 0 Å². The van der Waals surface area contributed by atoms with E-state index in [4.69, 9.17) is 10.5 Å². The molecule has 0 spiro atoms. The predicted octanol–water partition coefficient (Wildman–Crippen LogP) is 0.611. The van der Waals surface area contributed by atoms with Crippen LogP contribution in [0.3, 0.4) is 0 Å². The van der Waals surface area contributed by atoms with E-state index in [0.29, 0.717) is 5.92 Å². The molecule has 3 N–H and O–H groups in total. The summed E-state index contributed by atoms with van der Waals surface area (Å²) in [4.78, 5) is 0. The van der Waals surface area contributed by atoms with E-state index < -0.39 is 5.60 Å². The molecule has 1 unspecified atom stereocenters. The van der Waals surface area contributed by atoms with E-state index in [2.05, 4.69) is 0 Å². The van der Waals surface area contributed by atoms with Gasteiger partial charge in [0.25, 0.3) is 0 Å². The first kappa shape index (κ1) is 8.48. The quantitative estimate of drug-likeness (QED) is 0.568. The van der Waals surface area contributed by atoms with E-state index in [1.807, 2.05) is 13.8 Å². The van der Waals surface area contributed by atoms with E-state index in [0.717, 1.165) is 19.3 Å². The Kier molecular flexibility index (Phi) is 1.57. The van der Waals surface area contributed by atoms with E-state index in [1.54, 1.807) is 0 Å². The van der Waals surface area contributed by atoms with Gasteiger partial charge >= 0.3 is 0 Å². The smallest absolute Gasteiger partial charge is 0.143 e. The Balaban J connectivity index is 1.98. The molecule has 0 radical (unpaired) electrons. The van der Waals surface area contributed by atoms with Gasteiger partial charge in [-0.25, -0.2) is 0 Å². The van der Waals surface area contributed by atoms with Gasteiger partial charge in [0.15, 0.2) is 0 Å². The molecule has 2 aliphatic rings. The normalized spacial score (nSPS) is 47.0. The summed E-state index contributed by atoms with van der Waals surface area (Å²) in [5.74, 6) is 0.349. The average Bonchev–Trinajstić information content (AvgIpc) is 2.56. The zero-order chi connectivity index (χ0) is 8.98. The van der Waals surface area contributed by atoms with Crippen molar-refractivity contribution in [1.29, 1.82) is 0 Å². The van der Waals surface area contributed by atoms with Crippen molar-refractivity contribution in [2.45, 2.75) is 50.5 Å². The van der Waals surface area contributed by atoms with Crippen LogP contribution >= 0.6 is 0 Å². The fraction of sp³-hybridized carbons (Fsp3) is 1.00. The predicted molar refractivity (Wildman–Crippen MR) is 45.4 cm³/mol. The van der Waals surface area contributed by atoms with Gasteiger partial charge in [-0.1, -0.05) is 0 Å². The third-order valence-electron chi connectivity index (χ3n) is 3.23. The molecule has 1 saturated carbocycles. The van der Waals surface area contributed by atoms with Gasteiger partial charge in [-0.3, -0.25) is 0 Å². The molecule has 0 aromatic carbocycles. The molecule has 3 heteroatoms. The lowest BCUT2D eigenvalue weighted by Crippen LogP contribution is -2.40. The van der Waals surface area contributed by atoms with Crippen LogP contribution in [-0.4, -0.2) is 22.5 Å². The first-order valence-electron chi connectivity index (χ1n) is 4.61. The molecule has 0 aromatic heterocycles. The van der Waals surface area contributed by atoms with Crippen molar-refractivity contribution < 1.29 is 9.84 Å². The lowest BCUT2D eigenvalue weighted by atomic mass is 9.77. The topological polar surface area (TPSA) is 58.8 Å². The second-order valence-corrected chi connectivity index (χ2v) is 4.69. The second kappa shape index (κ2) is 2.22. The van der Waals surface area contributed by atoms with Crippen LogP contribution < -0.4 is 5.73 Å². The molecule has 3 nitrogen and oxygen atoms in total. The highest BCUT2D eigenvalue weighted by atomic mass is 16.6. The number of nitrogens with two attached hydrogens (primary N) is 1. The number of fused-ring (bicyclic) bond motifs is 1. The third kappa shape index (κ3) is 1.26. The van der Waals surface area contributed by atoms with Crippen molar-refractivity contribution in [3.63, 3.8) is 0 Å². The minimum Gasteiger partial charge on any atom is -0.390 e. The Labute approximate surface area is 72.9 Å². The highest BCUT2D eigenvalue weighted by Crippen LogP contribution is 2.48. The van der Waals surface area contributed by atoms with Crippen LogP contribution in [0, 0.1) is 5.92 Å². The van der Waals surface area contributed by atoms with E-state index in [1.165, 1.54) is 0 Å². The monoisotopic (exact) mass is 171 g/mol. The van der Waals surface area contributed by atoms with E-state index in [-0.39, 0.29) is 11.8 Å². The fourth-order valence-corrected chi connectivity index (χ4v) is 2.12. The maximum Gasteiger partial charge on any atom is 0.143 e. The van der Waals surface area contributed by atoms with Crippen molar-refractivity contribution in [3.8, 4) is 0 Å². The summed E-state index contributed by atoms with van der Waals surface area (Å²) in [6.07, 6.45) is 3.01. The van der Waals surface area contributed by atoms with Crippen LogP contribution in [-0.2, 0) is 4.74 Å². The van der Waals surface area contributed by atoms with Gasteiger partial charge in [-0.05, 0) is 39.0 Å². The van der Waals surface area contributed by atoms with Gasteiger partial charge in [0.1, 0.15) is 11.8 Å². The highest BCUT2D eigenvalue weighted by Gasteiger charge is 2.57. The standard InChI is InChI=1S/C9H17NO2/c1-8(2,11)6-3-4-9(10)7(5-6)12-9/h6-7,11H,3-5,10H2,1-2H3/t6-,7?,9-/m0/s1. The molecule has 0 bridgehead atoms. The van der Waals surface area contributed by atoms with Crippen molar-refractivity contribution in [2.75, 3.05) is 0 Å². The summed E-state index contributed by atoms with van der Waals surface area (Å²) in [7, 11) is 0. The Morgan fingerprint density at radius 3 is 2.75 bits per heavy atom. The minimum atomic E-state index is -0.576. The van der Waals surface area contributed by atoms with Gasteiger partial charge in [0.05, 0.1) is 5.60 Å². The summed E-state index contributed by atoms with van der Waals surface area (Å²) in [5.41, 5.74) is 4.96. The van der Waals surface area contributed by atoms with Crippen LogP contribution in [0.5, 0.6) is 0 Å². The Morgan fingerprint density at radius 2 is 2.25 bits per heavy atom. The van der Waals surface area contributed by atoms with Crippen LogP contribution in [0.25, 0.3) is 0 Å². The Hall–Kier alpha value is -0.120. The molecule has 1 aliphatic carbocycles. The molecule has 3 atom stereocenters. The third-order valence-corrected chi connectivity index (χ3v) is 3.23. The summed E-state index contributed by atoms with van der Waals surface area (Å²) in [5, 5.41) is 9.77. The molecule has 1 heterocycles. The number of rotatable bonds is 1. The first-order valence-corrected chi connectivity index (χ1v) is 4.61. The second-order valence-electron chi connectivity index (χ2n) is 4.69. The molecule has 2 rings (SSSR count). The number of hydrogen-bond acceptors (Lipinski definition) is 3. The molecule has 0 aromatic rings. The summed E-state index contributed by atoms with van der Waals surface area (Å²) in [6, 6.07) is 0. The molecule has 1 saturated heterocycles. The molecule has 0 amide bonds. The van der Waals surface area contributed by atoms with Gasteiger partial charge in [0, 0.05) is 0 Å². The van der Waals surface area contributed by atoms with Crippen molar-refractivity contribution in [1.82, 2.24) is 0 Å². The molecule has 2 fully saturated rings. The van der Waals surface area contributed by atoms with Crippen LogP contribution in [0.1, 0.15) is 33.1 Å². The van der Waals surface area contributed by atoms with Crippen LogP contribution in [0.15, 0.2) is 0 Å². The first-order chi connectivity index (χ1) is 5.42. The molecular weight excluding hydrogens is 154 g/mol. The summed E-state index contributed by atoms with van der Waals surface area (Å²) >= 11 is 0. The van der Waals surface area contributed by atoms with E-state index >= 15 is 0 Å². The van der Waals surface area contributed by atoms with Crippen LogP contribution in [0.4, 0.5) is 0 Å². The van der Waals surface area contributed by atoms with Crippen LogP contribution in [0.2, 0.25) is 0 Å². The number of epoxide rings is 1. The molecular formula is C9H17NO2. The minimum absolute atomic E-state index is 0.211. The Morgan fingerprint density at radius 1 is 1.58 bits per heavy atom. The number of ether oxygens (including phenoxy) is 1. The Bertz CT molecular complexity index is 199. The maximum absolute atomic E-state index is 9.77. The zero-order valence-corrected chi connectivity index (χ0v) is 7.71. The molecule has 1 aliphatic heterocycles. The average molecular weight is 171 g/mol. The summed E-state index contributed by atoms with van der Waals surface area (Å²) < 4.78 is 5.36. The highest BCUT2D eigenvalue weighted by molar-refractivity contribution is 5.04. The number of hydrogen-bond donors (Lipinski definition) is 2. The lowest BCUT2D eigenvalue weighted by Gasteiger charge is -2.32. The van der Waals surface area contributed by atoms with Gasteiger partial charge in [-0.2, -0.15) is 0 Å². The summed E-state index contributed by atoms with van der Waals surface area (Å²) in [6.45, 7) is 3.73. The van der Waals surface area contributed by atoms with E-state index in [9.17, 15) is 5.11 Å². The van der Waals surface area contributed by atoms with Gasteiger partial charge in [-0.15, -0.1) is 0 Å². The zero-order valence-electron chi connectivity index (χ0n) is 7.71. The van der Waals surface area contributed by atoms with Gasteiger partial charge < -0.3 is 15.6 Å².